The molecule has 1 aromatic rings. The summed E-state index contributed by atoms with van der Waals surface area (Å²) < 4.78 is 27.0. The minimum Gasteiger partial charge on any atom is -0.396 e. The highest BCUT2D eigenvalue weighted by Gasteiger charge is 2.26. The smallest absolute Gasteiger partial charge is 0.236 e. The number of sulfonamides is 1. The van der Waals surface area contributed by atoms with Gasteiger partial charge in [-0.3, -0.25) is 4.72 Å². The second-order valence-electron chi connectivity index (χ2n) is 4.79. The third kappa shape index (κ3) is 3.92. The van der Waals surface area contributed by atoms with Crippen molar-refractivity contribution in [3.8, 4) is 0 Å². The molecule has 0 aromatic heterocycles. The minimum atomic E-state index is -3.32. The fourth-order valence-electron chi connectivity index (χ4n) is 2.20. The average Bonchev–Trinajstić information content (AvgIpc) is 2.42. The first-order valence-corrected chi connectivity index (χ1v) is 8.08. The predicted molar refractivity (Wildman–Crippen MR) is 75.7 cm³/mol. The highest BCUT2D eigenvalue weighted by molar-refractivity contribution is 7.93. The van der Waals surface area contributed by atoms with Crippen molar-refractivity contribution in [1.29, 1.82) is 0 Å². The van der Waals surface area contributed by atoms with E-state index in [0.717, 1.165) is 18.5 Å². The van der Waals surface area contributed by atoms with Gasteiger partial charge in [-0.15, -0.1) is 0 Å². The van der Waals surface area contributed by atoms with Gasteiger partial charge in [-0.1, -0.05) is 12.1 Å². The van der Waals surface area contributed by atoms with Gasteiger partial charge < -0.3 is 10.4 Å². The van der Waals surface area contributed by atoms with E-state index in [1.54, 1.807) is 12.1 Å². The summed E-state index contributed by atoms with van der Waals surface area (Å²) in [5.41, 5.74) is 1.57. The number of benzene rings is 1. The molecule has 1 fully saturated rings. The van der Waals surface area contributed by atoms with Crippen LogP contribution in [0, 0.1) is 0 Å². The Kier molecular flexibility index (Phi) is 4.79. The van der Waals surface area contributed by atoms with Gasteiger partial charge in [0.15, 0.2) is 0 Å². The molecular formula is C13H20N2O3S. The van der Waals surface area contributed by atoms with Gasteiger partial charge in [0, 0.05) is 18.8 Å². The van der Waals surface area contributed by atoms with Gasteiger partial charge in [0.05, 0.1) is 5.25 Å². The van der Waals surface area contributed by atoms with Crippen LogP contribution in [0.15, 0.2) is 24.3 Å². The van der Waals surface area contributed by atoms with E-state index in [0.29, 0.717) is 25.1 Å². The van der Waals surface area contributed by atoms with Crippen LogP contribution in [0.2, 0.25) is 0 Å². The van der Waals surface area contributed by atoms with Crippen molar-refractivity contribution in [2.24, 2.45) is 0 Å². The third-order valence-corrected chi connectivity index (χ3v) is 5.11. The predicted octanol–water partition coefficient (Wildman–Crippen LogP) is 0.715. The molecule has 1 aliphatic heterocycles. The molecule has 0 radical (unpaired) electrons. The third-order valence-electron chi connectivity index (χ3n) is 3.31. The summed E-state index contributed by atoms with van der Waals surface area (Å²) in [6.07, 6.45) is 2.17. The van der Waals surface area contributed by atoms with Crippen LogP contribution in [0.5, 0.6) is 0 Å². The van der Waals surface area contributed by atoms with Crippen molar-refractivity contribution in [3.63, 3.8) is 0 Å². The van der Waals surface area contributed by atoms with Crippen LogP contribution in [0.3, 0.4) is 0 Å². The molecule has 2 rings (SSSR count). The molecule has 0 amide bonds. The lowest BCUT2D eigenvalue weighted by molar-refractivity contribution is 0.299. The number of hydrogen-bond acceptors (Lipinski definition) is 4. The molecule has 5 nitrogen and oxygen atoms in total. The lowest BCUT2D eigenvalue weighted by Crippen LogP contribution is -2.41. The maximum absolute atomic E-state index is 12.2. The summed E-state index contributed by atoms with van der Waals surface area (Å²) in [6.45, 7) is 1.50. The molecule has 3 N–H and O–H groups in total. The van der Waals surface area contributed by atoms with E-state index >= 15 is 0 Å². The Bertz CT molecular complexity index is 493. The van der Waals surface area contributed by atoms with E-state index in [1.807, 2.05) is 12.1 Å². The number of rotatable bonds is 5. The zero-order chi connectivity index (χ0) is 13.7. The van der Waals surface area contributed by atoms with Gasteiger partial charge in [0.25, 0.3) is 0 Å². The highest BCUT2D eigenvalue weighted by atomic mass is 32.2. The van der Waals surface area contributed by atoms with Crippen LogP contribution in [0.1, 0.15) is 18.4 Å². The molecule has 0 aliphatic carbocycles. The average molecular weight is 284 g/mol. The molecule has 1 atom stereocenters. The van der Waals surface area contributed by atoms with Crippen LogP contribution in [-0.2, 0) is 16.4 Å². The van der Waals surface area contributed by atoms with E-state index in [4.69, 9.17) is 5.11 Å². The van der Waals surface area contributed by atoms with E-state index < -0.39 is 10.0 Å². The van der Waals surface area contributed by atoms with Gasteiger partial charge in [-0.25, -0.2) is 8.42 Å². The zero-order valence-corrected chi connectivity index (χ0v) is 11.6. The normalized spacial score (nSPS) is 20.2. The fourth-order valence-corrected chi connectivity index (χ4v) is 3.65. The van der Waals surface area contributed by atoms with Gasteiger partial charge >= 0.3 is 0 Å². The monoisotopic (exact) mass is 284 g/mol. The number of nitrogens with one attached hydrogen (secondary N) is 2. The Hall–Kier alpha value is -1.11. The topological polar surface area (TPSA) is 78.4 Å². The quantitative estimate of drug-likeness (QED) is 0.744. The van der Waals surface area contributed by atoms with Crippen molar-refractivity contribution in [1.82, 2.24) is 5.32 Å². The molecule has 19 heavy (non-hydrogen) atoms. The lowest BCUT2D eigenvalue weighted by Gasteiger charge is -2.23. The highest BCUT2D eigenvalue weighted by Crippen LogP contribution is 2.17. The Labute approximate surface area is 114 Å². The molecule has 1 aliphatic rings. The Balaban J connectivity index is 2.02. The first kappa shape index (κ1) is 14.3. The number of hydrogen-bond donors (Lipinski definition) is 3. The molecule has 1 saturated heterocycles. The first-order valence-electron chi connectivity index (χ1n) is 6.54. The summed E-state index contributed by atoms with van der Waals surface area (Å²) in [4.78, 5) is 0. The van der Waals surface area contributed by atoms with Crippen LogP contribution < -0.4 is 10.0 Å². The van der Waals surface area contributed by atoms with Crippen molar-refractivity contribution in [2.75, 3.05) is 24.4 Å². The summed E-state index contributed by atoms with van der Waals surface area (Å²) in [5, 5.41) is 11.6. The SMILES string of the molecule is O=S(=O)(Nc1ccc(CCO)cc1)C1CCCNC1. The maximum Gasteiger partial charge on any atom is 0.236 e. The van der Waals surface area contributed by atoms with E-state index in [2.05, 4.69) is 10.0 Å². The molecular weight excluding hydrogens is 264 g/mol. The van der Waals surface area contributed by atoms with E-state index in [9.17, 15) is 8.42 Å². The van der Waals surface area contributed by atoms with Crippen molar-refractivity contribution < 1.29 is 13.5 Å². The number of anilines is 1. The first-order chi connectivity index (χ1) is 9.12. The molecule has 0 bridgehead atoms. The van der Waals surface area contributed by atoms with Crippen LogP contribution >= 0.6 is 0 Å². The molecule has 1 aromatic carbocycles. The standard InChI is InChI=1S/C13H20N2O3S/c16-9-7-11-3-5-12(6-4-11)15-19(17,18)13-2-1-8-14-10-13/h3-6,13-16H,1-2,7-10H2. The number of aliphatic hydroxyl groups is 1. The van der Waals surface area contributed by atoms with Crippen molar-refractivity contribution in [3.05, 3.63) is 29.8 Å². The van der Waals surface area contributed by atoms with Gasteiger partial charge in [-0.2, -0.15) is 0 Å². The maximum atomic E-state index is 12.2. The molecule has 1 heterocycles. The molecule has 106 valence electrons. The Morgan fingerprint density at radius 2 is 2.05 bits per heavy atom. The molecule has 1 unspecified atom stereocenters. The van der Waals surface area contributed by atoms with Crippen LogP contribution in [0.4, 0.5) is 5.69 Å². The second-order valence-corrected chi connectivity index (χ2v) is 6.75. The van der Waals surface area contributed by atoms with Crippen molar-refractivity contribution >= 4 is 15.7 Å². The van der Waals surface area contributed by atoms with E-state index in [-0.39, 0.29) is 11.9 Å². The Morgan fingerprint density at radius 1 is 1.32 bits per heavy atom. The minimum absolute atomic E-state index is 0.0960. The fraction of sp³-hybridized carbons (Fsp3) is 0.538. The summed E-state index contributed by atoms with van der Waals surface area (Å²) >= 11 is 0. The largest absolute Gasteiger partial charge is 0.396 e. The van der Waals surface area contributed by atoms with E-state index in [1.165, 1.54) is 0 Å². The summed E-state index contributed by atoms with van der Waals surface area (Å²) in [7, 11) is -3.32. The molecule has 6 heteroatoms. The lowest BCUT2D eigenvalue weighted by atomic mass is 10.1. The van der Waals surface area contributed by atoms with Gasteiger partial charge in [0.2, 0.25) is 10.0 Å². The number of piperidine rings is 1. The number of aliphatic hydroxyl groups excluding tert-OH is 1. The molecule has 0 saturated carbocycles. The second kappa shape index (κ2) is 6.36. The summed E-state index contributed by atoms with van der Waals surface area (Å²) in [5.74, 6) is 0. The molecule has 0 spiro atoms. The van der Waals surface area contributed by atoms with Crippen molar-refractivity contribution in [2.45, 2.75) is 24.5 Å². The van der Waals surface area contributed by atoms with Gasteiger partial charge in [0.1, 0.15) is 0 Å². The summed E-state index contributed by atoms with van der Waals surface area (Å²) in [6, 6.07) is 7.12. The Morgan fingerprint density at radius 3 is 2.63 bits per heavy atom. The van der Waals surface area contributed by atoms with Crippen LogP contribution in [0.25, 0.3) is 0 Å². The van der Waals surface area contributed by atoms with Crippen LogP contribution in [-0.4, -0.2) is 38.5 Å². The van der Waals surface area contributed by atoms with Gasteiger partial charge in [-0.05, 0) is 43.5 Å². The zero-order valence-electron chi connectivity index (χ0n) is 10.8.